The highest BCUT2D eigenvalue weighted by Crippen LogP contribution is 2.27. The minimum Gasteiger partial charge on any atom is -0.335 e. The molecule has 0 atom stereocenters. The predicted octanol–water partition coefficient (Wildman–Crippen LogP) is 4.90. The van der Waals surface area contributed by atoms with Crippen molar-refractivity contribution in [2.75, 3.05) is 13.6 Å². The first-order valence-electron chi connectivity index (χ1n) is 11.0. The average molecular weight is 461 g/mol. The standard InChI is InChI=1S/C26H25FN4OS/c1-29(26(32)25-11-6-14-33-25)18-23-22-17-30(16-19-7-5-8-20(27)15-19)13-12-24(22)31(28-23)21-9-3-2-4-10-21/h2-11,14-15H,12-13,16-18H2,1H3. The van der Waals surface area contributed by atoms with Crippen LogP contribution in [0.15, 0.2) is 72.1 Å². The molecule has 0 unspecified atom stereocenters. The quantitative estimate of drug-likeness (QED) is 0.411. The lowest BCUT2D eigenvalue weighted by Gasteiger charge is -2.28. The van der Waals surface area contributed by atoms with Crippen LogP contribution in [0.1, 0.15) is 32.2 Å². The number of rotatable bonds is 6. The van der Waals surface area contributed by atoms with Gasteiger partial charge in [-0.3, -0.25) is 9.69 Å². The van der Waals surface area contributed by atoms with E-state index in [2.05, 4.69) is 17.0 Å². The first-order valence-corrected chi connectivity index (χ1v) is 11.9. The van der Waals surface area contributed by atoms with Gasteiger partial charge in [0.1, 0.15) is 5.82 Å². The Morgan fingerprint density at radius 2 is 1.97 bits per heavy atom. The molecule has 1 aliphatic heterocycles. The summed E-state index contributed by atoms with van der Waals surface area (Å²) in [4.78, 5) is 17.6. The van der Waals surface area contributed by atoms with Crippen molar-refractivity contribution in [3.63, 3.8) is 0 Å². The molecular weight excluding hydrogens is 435 g/mol. The van der Waals surface area contributed by atoms with Gasteiger partial charge in [-0.2, -0.15) is 5.10 Å². The van der Waals surface area contributed by atoms with Crippen molar-refractivity contribution >= 4 is 17.2 Å². The lowest BCUT2D eigenvalue weighted by atomic mass is 10.0. The van der Waals surface area contributed by atoms with Gasteiger partial charge in [0, 0.05) is 38.7 Å². The number of hydrogen-bond donors (Lipinski definition) is 0. The third kappa shape index (κ3) is 4.60. The molecular formula is C26H25FN4OS. The molecule has 5 nitrogen and oxygen atoms in total. The highest BCUT2D eigenvalue weighted by molar-refractivity contribution is 7.12. The van der Waals surface area contributed by atoms with E-state index < -0.39 is 0 Å². The lowest BCUT2D eigenvalue weighted by molar-refractivity contribution is 0.0787. The molecule has 2 aromatic heterocycles. The Hall–Kier alpha value is -3.29. The van der Waals surface area contributed by atoms with E-state index in [4.69, 9.17) is 5.10 Å². The van der Waals surface area contributed by atoms with Crippen molar-refractivity contribution in [2.24, 2.45) is 0 Å². The minimum absolute atomic E-state index is 0.000405. The number of carbonyl (C=O) groups is 1. The van der Waals surface area contributed by atoms with Gasteiger partial charge < -0.3 is 4.90 Å². The molecule has 0 aliphatic carbocycles. The first kappa shape index (κ1) is 21.6. The first-order chi connectivity index (χ1) is 16.1. The molecule has 0 bridgehead atoms. The van der Waals surface area contributed by atoms with Crippen molar-refractivity contribution in [2.45, 2.75) is 26.1 Å². The van der Waals surface area contributed by atoms with Gasteiger partial charge in [-0.05, 0) is 41.3 Å². The van der Waals surface area contributed by atoms with Gasteiger partial charge in [0.25, 0.3) is 5.91 Å². The molecule has 2 aromatic carbocycles. The van der Waals surface area contributed by atoms with E-state index in [9.17, 15) is 9.18 Å². The van der Waals surface area contributed by atoms with Gasteiger partial charge in [-0.1, -0.05) is 36.4 Å². The van der Waals surface area contributed by atoms with Gasteiger partial charge in [-0.25, -0.2) is 9.07 Å². The molecule has 1 aliphatic rings. The molecule has 0 spiro atoms. The number of fused-ring (bicyclic) bond motifs is 1. The van der Waals surface area contributed by atoms with E-state index in [-0.39, 0.29) is 11.7 Å². The Balaban J connectivity index is 1.44. The van der Waals surface area contributed by atoms with Gasteiger partial charge in [0.2, 0.25) is 0 Å². The van der Waals surface area contributed by atoms with Gasteiger partial charge in [0.05, 0.1) is 28.5 Å². The van der Waals surface area contributed by atoms with Crippen LogP contribution in [0.4, 0.5) is 4.39 Å². The number of hydrogen-bond acceptors (Lipinski definition) is 4. The molecule has 1 amide bonds. The van der Waals surface area contributed by atoms with Gasteiger partial charge >= 0.3 is 0 Å². The second-order valence-electron chi connectivity index (χ2n) is 8.35. The molecule has 168 valence electrons. The summed E-state index contributed by atoms with van der Waals surface area (Å²) in [5.74, 6) is -0.211. The minimum atomic E-state index is -0.212. The highest BCUT2D eigenvalue weighted by atomic mass is 32.1. The Bertz CT molecular complexity index is 1250. The maximum Gasteiger partial charge on any atom is 0.264 e. The summed E-state index contributed by atoms with van der Waals surface area (Å²) in [5.41, 5.74) is 5.23. The molecule has 0 N–H and O–H groups in total. The van der Waals surface area contributed by atoms with E-state index in [1.165, 1.54) is 23.1 Å². The number of halogens is 1. The van der Waals surface area contributed by atoms with Crippen molar-refractivity contribution in [1.29, 1.82) is 0 Å². The third-order valence-electron chi connectivity index (χ3n) is 5.98. The van der Waals surface area contributed by atoms with Crippen LogP contribution < -0.4 is 0 Å². The number of benzene rings is 2. The van der Waals surface area contributed by atoms with E-state index in [0.29, 0.717) is 13.1 Å². The SMILES string of the molecule is CN(Cc1nn(-c2ccccc2)c2c1CN(Cc1cccc(F)c1)CC2)C(=O)c1cccs1. The summed E-state index contributed by atoms with van der Waals surface area (Å²) in [7, 11) is 1.82. The zero-order chi connectivity index (χ0) is 22.8. The fourth-order valence-electron chi connectivity index (χ4n) is 4.36. The monoisotopic (exact) mass is 460 g/mol. The number of thiophene rings is 1. The molecule has 7 heteroatoms. The summed E-state index contributed by atoms with van der Waals surface area (Å²) in [6.45, 7) is 2.70. The van der Waals surface area contributed by atoms with Crippen LogP contribution in [-0.2, 0) is 26.1 Å². The van der Waals surface area contributed by atoms with Crippen LogP contribution in [0.25, 0.3) is 5.69 Å². The van der Waals surface area contributed by atoms with Crippen LogP contribution in [-0.4, -0.2) is 39.1 Å². The van der Waals surface area contributed by atoms with Crippen molar-refractivity contribution in [3.8, 4) is 5.69 Å². The van der Waals surface area contributed by atoms with E-state index >= 15 is 0 Å². The smallest absolute Gasteiger partial charge is 0.264 e. The normalized spacial score (nSPS) is 13.6. The molecule has 5 rings (SSSR count). The molecule has 0 fully saturated rings. The van der Waals surface area contributed by atoms with Gasteiger partial charge in [-0.15, -0.1) is 11.3 Å². The Morgan fingerprint density at radius 3 is 2.73 bits per heavy atom. The van der Waals surface area contributed by atoms with Crippen LogP contribution in [0.2, 0.25) is 0 Å². The molecule has 0 saturated heterocycles. The summed E-state index contributed by atoms with van der Waals surface area (Å²) in [6.07, 6.45) is 0.842. The molecule has 3 heterocycles. The molecule has 0 saturated carbocycles. The molecule has 33 heavy (non-hydrogen) atoms. The fraction of sp³-hybridized carbons (Fsp3) is 0.231. The molecule has 4 aromatic rings. The van der Waals surface area contributed by atoms with E-state index in [1.54, 1.807) is 17.0 Å². The number of para-hydroxylation sites is 1. The van der Waals surface area contributed by atoms with Crippen molar-refractivity contribution in [3.05, 3.63) is 105 Å². The van der Waals surface area contributed by atoms with Crippen LogP contribution >= 0.6 is 11.3 Å². The van der Waals surface area contributed by atoms with E-state index in [1.807, 2.05) is 53.5 Å². The maximum absolute atomic E-state index is 13.7. The summed E-state index contributed by atoms with van der Waals surface area (Å²) < 4.78 is 15.7. The lowest BCUT2D eigenvalue weighted by Crippen LogP contribution is -2.32. The van der Waals surface area contributed by atoms with Crippen LogP contribution in [0.3, 0.4) is 0 Å². The Morgan fingerprint density at radius 1 is 1.12 bits per heavy atom. The Labute approximate surface area is 196 Å². The van der Waals surface area contributed by atoms with Crippen molar-refractivity contribution in [1.82, 2.24) is 19.6 Å². The van der Waals surface area contributed by atoms with Crippen LogP contribution in [0.5, 0.6) is 0 Å². The number of aromatic nitrogens is 2. The largest absolute Gasteiger partial charge is 0.335 e. The summed E-state index contributed by atoms with van der Waals surface area (Å²) in [6, 6.07) is 20.6. The zero-order valence-corrected chi connectivity index (χ0v) is 19.3. The second kappa shape index (κ2) is 9.29. The Kier molecular flexibility index (Phi) is 6.07. The summed E-state index contributed by atoms with van der Waals surface area (Å²) >= 11 is 1.45. The number of amides is 1. The highest BCUT2D eigenvalue weighted by Gasteiger charge is 2.27. The fourth-order valence-corrected chi connectivity index (χ4v) is 5.08. The second-order valence-corrected chi connectivity index (χ2v) is 9.30. The topological polar surface area (TPSA) is 41.4 Å². The molecule has 0 radical (unpaired) electrons. The summed E-state index contributed by atoms with van der Waals surface area (Å²) in [5, 5.41) is 6.87. The van der Waals surface area contributed by atoms with E-state index in [0.717, 1.165) is 46.9 Å². The van der Waals surface area contributed by atoms with Crippen LogP contribution in [0, 0.1) is 5.82 Å². The zero-order valence-electron chi connectivity index (χ0n) is 18.4. The average Bonchev–Trinajstić information content (AvgIpc) is 3.48. The predicted molar refractivity (Wildman–Crippen MR) is 128 cm³/mol. The van der Waals surface area contributed by atoms with Crippen molar-refractivity contribution < 1.29 is 9.18 Å². The maximum atomic E-state index is 13.7. The third-order valence-corrected chi connectivity index (χ3v) is 6.84. The number of carbonyl (C=O) groups excluding carboxylic acids is 1. The van der Waals surface area contributed by atoms with Gasteiger partial charge in [0.15, 0.2) is 0 Å². The number of nitrogens with zero attached hydrogens (tertiary/aromatic N) is 4.